The van der Waals surface area contributed by atoms with Crippen LogP contribution in [-0.4, -0.2) is 54.8 Å². The van der Waals surface area contributed by atoms with Crippen molar-refractivity contribution in [1.82, 2.24) is 40.5 Å². The second-order valence-corrected chi connectivity index (χ2v) is 9.02. The summed E-state index contributed by atoms with van der Waals surface area (Å²) < 4.78 is 0.800. The van der Waals surface area contributed by atoms with Crippen LogP contribution >= 0.6 is 15.9 Å². The Labute approximate surface area is 220 Å². The summed E-state index contributed by atoms with van der Waals surface area (Å²) in [6.45, 7) is 2.58. The highest BCUT2D eigenvalue weighted by Crippen LogP contribution is 2.29. The number of nitrogens with one attached hydrogen (secondary N) is 6. The van der Waals surface area contributed by atoms with Crippen LogP contribution in [0.2, 0.25) is 0 Å². The van der Waals surface area contributed by atoms with Gasteiger partial charge in [0.05, 0.1) is 22.8 Å². The second kappa shape index (κ2) is 11.5. The largest absolute Gasteiger partial charge is 0.369 e. The van der Waals surface area contributed by atoms with E-state index in [0.29, 0.717) is 35.9 Å². The minimum Gasteiger partial charge on any atom is -0.369 e. The number of halogens is 1. The maximum Gasteiger partial charge on any atom is 0.267 e. The van der Waals surface area contributed by atoms with Crippen molar-refractivity contribution >= 4 is 51.8 Å². The fourth-order valence-corrected chi connectivity index (χ4v) is 4.05. The first-order chi connectivity index (χ1) is 17.8. The van der Waals surface area contributed by atoms with Crippen LogP contribution in [0.1, 0.15) is 56.6 Å². The van der Waals surface area contributed by atoms with Gasteiger partial charge in [-0.15, -0.1) is 0 Å². The van der Waals surface area contributed by atoms with E-state index < -0.39 is 0 Å². The van der Waals surface area contributed by atoms with Crippen molar-refractivity contribution in [3.63, 3.8) is 0 Å². The summed E-state index contributed by atoms with van der Waals surface area (Å²) in [6.07, 6.45) is 10.5. The molecule has 1 atom stereocenters. The molecule has 4 aromatic rings. The van der Waals surface area contributed by atoms with Gasteiger partial charge in [0.1, 0.15) is 11.4 Å². The number of aromatic amines is 4. The van der Waals surface area contributed by atoms with E-state index in [1.165, 1.54) is 0 Å². The van der Waals surface area contributed by atoms with Crippen LogP contribution in [0.3, 0.4) is 0 Å². The van der Waals surface area contributed by atoms with E-state index >= 15 is 0 Å². The molecule has 2 amide bonds. The maximum absolute atomic E-state index is 12.2. The van der Waals surface area contributed by atoms with Gasteiger partial charge in [-0.3, -0.25) is 9.59 Å². The van der Waals surface area contributed by atoms with E-state index in [0.717, 1.165) is 15.9 Å². The van der Waals surface area contributed by atoms with Crippen molar-refractivity contribution in [2.45, 2.75) is 12.8 Å². The van der Waals surface area contributed by atoms with E-state index in [1.54, 1.807) is 54.9 Å². The molecule has 0 saturated carbocycles. The summed E-state index contributed by atoms with van der Waals surface area (Å²) in [5.41, 5.74) is 15.6. The molecule has 4 heterocycles. The van der Waals surface area contributed by atoms with Crippen molar-refractivity contribution in [2.75, 3.05) is 24.6 Å². The van der Waals surface area contributed by atoms with E-state index in [1.807, 2.05) is 6.92 Å². The van der Waals surface area contributed by atoms with Gasteiger partial charge in [-0.1, -0.05) is 19.1 Å². The molecule has 0 saturated heterocycles. The number of nitrogen functional groups attached to an aromatic ring is 2. The molecule has 0 aromatic carbocycles. The molecule has 4 rings (SSSR count). The normalized spacial score (nSPS) is 12.4. The highest BCUT2D eigenvalue weighted by Gasteiger charge is 2.21. The molecule has 0 bridgehead atoms. The first-order valence-corrected chi connectivity index (χ1v) is 12.2. The number of carbonyl (C=O) groups excluding carboxylic acids is 2. The summed E-state index contributed by atoms with van der Waals surface area (Å²) in [5.74, 6) is -0.114. The molecule has 12 nitrogen and oxygen atoms in total. The van der Waals surface area contributed by atoms with Gasteiger partial charge < -0.3 is 42.0 Å². The summed E-state index contributed by atoms with van der Waals surface area (Å²) in [4.78, 5) is 44.9. The Bertz CT molecular complexity index is 1430. The van der Waals surface area contributed by atoms with Crippen LogP contribution in [-0.2, 0) is 0 Å². The molecule has 0 spiro atoms. The van der Waals surface area contributed by atoms with Gasteiger partial charge in [0.25, 0.3) is 11.8 Å². The summed E-state index contributed by atoms with van der Waals surface area (Å²) >= 11 is 3.31. The number of hydrogen-bond acceptors (Lipinski definition) is 6. The van der Waals surface area contributed by atoms with Gasteiger partial charge in [0.2, 0.25) is 0 Å². The van der Waals surface area contributed by atoms with E-state index in [-0.39, 0.29) is 29.6 Å². The average molecular weight is 567 g/mol. The first-order valence-electron chi connectivity index (χ1n) is 11.4. The summed E-state index contributed by atoms with van der Waals surface area (Å²) in [7, 11) is 0. The molecule has 10 N–H and O–H groups in total. The zero-order chi connectivity index (χ0) is 26.4. The van der Waals surface area contributed by atoms with Gasteiger partial charge in [-0.25, -0.2) is 9.97 Å². The number of amides is 2. The van der Waals surface area contributed by atoms with Gasteiger partial charge in [-0.2, -0.15) is 0 Å². The van der Waals surface area contributed by atoms with Crippen molar-refractivity contribution in [3.8, 4) is 0 Å². The van der Waals surface area contributed by atoms with Crippen LogP contribution in [0.25, 0.3) is 12.2 Å². The topological polar surface area (TPSA) is 199 Å². The Balaban J connectivity index is 1.41. The quantitative estimate of drug-likeness (QED) is 0.145. The zero-order valence-electron chi connectivity index (χ0n) is 19.9. The number of nitrogens with two attached hydrogens (primary N) is 2. The summed E-state index contributed by atoms with van der Waals surface area (Å²) in [5, 5.41) is 5.61. The molecular weight excluding hydrogens is 540 g/mol. The third-order valence-corrected chi connectivity index (χ3v) is 5.93. The van der Waals surface area contributed by atoms with E-state index in [2.05, 4.69) is 56.5 Å². The Kier molecular flexibility index (Phi) is 7.93. The van der Waals surface area contributed by atoms with E-state index in [4.69, 9.17) is 11.5 Å². The molecule has 0 aliphatic rings. The fraction of sp³-hybridized carbons (Fsp3) is 0.167. The lowest BCUT2D eigenvalue weighted by atomic mass is 10.00. The number of H-pyrrole nitrogens is 4. The highest BCUT2D eigenvalue weighted by atomic mass is 79.9. The second-order valence-electron chi connectivity index (χ2n) is 8.10. The molecular formula is C24H27BrN10O2. The predicted molar refractivity (Wildman–Crippen MR) is 146 cm³/mol. The average Bonchev–Trinajstić information content (AvgIpc) is 3.66. The molecule has 0 radical (unpaired) electrons. The monoisotopic (exact) mass is 566 g/mol. The van der Waals surface area contributed by atoms with Crippen molar-refractivity contribution in [3.05, 3.63) is 81.4 Å². The summed E-state index contributed by atoms with van der Waals surface area (Å²) in [6, 6.07) is 5.16. The number of imidazole rings is 2. The van der Waals surface area contributed by atoms with Gasteiger partial charge in [-0.05, 0) is 46.3 Å². The fourth-order valence-electron chi connectivity index (χ4n) is 3.70. The predicted octanol–water partition coefficient (Wildman–Crippen LogP) is 2.75. The minimum absolute atomic E-state index is 0.203. The van der Waals surface area contributed by atoms with Crippen LogP contribution in [0.4, 0.5) is 11.9 Å². The lowest BCUT2D eigenvalue weighted by Gasteiger charge is -2.10. The smallest absolute Gasteiger partial charge is 0.267 e. The van der Waals surface area contributed by atoms with Crippen LogP contribution in [0, 0.1) is 0 Å². The number of rotatable bonds is 10. The van der Waals surface area contributed by atoms with Crippen LogP contribution < -0.4 is 22.1 Å². The Morgan fingerprint density at radius 1 is 0.973 bits per heavy atom. The Morgan fingerprint density at radius 2 is 1.54 bits per heavy atom. The van der Waals surface area contributed by atoms with Crippen molar-refractivity contribution < 1.29 is 9.59 Å². The number of carbonyl (C=O) groups is 2. The lowest BCUT2D eigenvalue weighted by molar-refractivity contribution is 0.0945. The lowest BCUT2D eigenvalue weighted by Crippen LogP contribution is -2.23. The molecule has 4 aromatic heterocycles. The molecule has 37 heavy (non-hydrogen) atoms. The molecule has 0 fully saturated rings. The van der Waals surface area contributed by atoms with Gasteiger partial charge >= 0.3 is 0 Å². The van der Waals surface area contributed by atoms with Crippen LogP contribution in [0.5, 0.6) is 0 Å². The SMILES string of the molecule is CC(c1[nH]c(N)nc1/C=C/CNC(=O)c1ccc[nH]1)c1[nH]c(N)nc1/C=C/CNC(=O)c1cc(Br)c[nH]1. The van der Waals surface area contributed by atoms with E-state index in [9.17, 15) is 9.59 Å². The Hall–Kier alpha value is -4.52. The number of anilines is 2. The van der Waals surface area contributed by atoms with Crippen molar-refractivity contribution in [2.24, 2.45) is 0 Å². The third kappa shape index (κ3) is 6.38. The Morgan fingerprint density at radius 3 is 2.03 bits per heavy atom. The zero-order valence-corrected chi connectivity index (χ0v) is 21.5. The number of aromatic nitrogens is 6. The first kappa shape index (κ1) is 25.6. The van der Waals surface area contributed by atoms with Gasteiger partial charge in [0.15, 0.2) is 11.9 Å². The molecule has 192 valence electrons. The third-order valence-electron chi connectivity index (χ3n) is 5.47. The standard InChI is InChI=1S/C24H27BrN10O2/c1-13(19-15(32-23(26)34-19)5-2-9-29-21(36)17-7-4-8-28-17)20-16(33-24(27)35-20)6-3-10-30-22(37)18-11-14(25)12-31-18/h2-8,11-13,28,31H,9-10H2,1H3,(H,29,36)(H,30,37)(H3,26,32,34)(H3,27,33,35)/b5-2+,6-3+. The minimum atomic E-state index is -0.223. The number of hydrogen-bond donors (Lipinski definition) is 8. The number of nitrogens with zero attached hydrogens (tertiary/aromatic N) is 2. The maximum atomic E-state index is 12.2. The molecule has 0 aliphatic heterocycles. The van der Waals surface area contributed by atoms with Gasteiger partial charge in [0, 0.05) is 35.9 Å². The molecule has 13 heteroatoms. The molecule has 1 unspecified atom stereocenters. The molecule has 0 aliphatic carbocycles. The van der Waals surface area contributed by atoms with Crippen LogP contribution in [0.15, 0.2) is 47.2 Å². The highest BCUT2D eigenvalue weighted by molar-refractivity contribution is 9.10. The van der Waals surface area contributed by atoms with Crippen molar-refractivity contribution in [1.29, 1.82) is 0 Å².